The smallest absolute Gasteiger partial charge is 0.194 e. The Morgan fingerprint density at radius 3 is 2.30 bits per heavy atom. The van der Waals surface area contributed by atoms with E-state index in [1.807, 2.05) is 32.0 Å². The van der Waals surface area contributed by atoms with Crippen LogP contribution in [0.5, 0.6) is 0 Å². The molecule has 1 saturated heterocycles. The van der Waals surface area contributed by atoms with Crippen molar-refractivity contribution in [1.82, 2.24) is 16.0 Å². The second-order valence-electron chi connectivity index (χ2n) is 7.98. The molecule has 0 aliphatic carbocycles. The van der Waals surface area contributed by atoms with Gasteiger partial charge in [0, 0.05) is 16.7 Å². The van der Waals surface area contributed by atoms with Crippen LogP contribution in [0.2, 0.25) is 0 Å². The number of hydrogen-bond acceptors (Lipinski definition) is 8. The molecule has 11 heteroatoms. The average Bonchev–Trinajstić information content (AvgIpc) is 3.25. The first-order valence-electron chi connectivity index (χ1n) is 10.2. The Balaban J connectivity index is 1.62. The van der Waals surface area contributed by atoms with Crippen LogP contribution in [0.4, 0.5) is 13.2 Å². The van der Waals surface area contributed by atoms with E-state index in [0.29, 0.717) is 0 Å². The Kier molecular flexibility index (Phi) is 6.89. The van der Waals surface area contributed by atoms with E-state index >= 15 is 0 Å². The van der Waals surface area contributed by atoms with E-state index in [9.17, 15) is 28.5 Å². The van der Waals surface area contributed by atoms with E-state index in [-0.39, 0.29) is 11.3 Å². The van der Waals surface area contributed by atoms with E-state index < -0.39 is 53.8 Å². The normalized spacial score (nSPS) is 27.5. The van der Waals surface area contributed by atoms with Crippen molar-refractivity contribution in [2.75, 3.05) is 6.61 Å². The number of aliphatic hydroxyl groups is 3. The highest BCUT2D eigenvalue weighted by molar-refractivity contribution is 8.00. The van der Waals surface area contributed by atoms with Crippen molar-refractivity contribution in [3.63, 3.8) is 0 Å². The Morgan fingerprint density at radius 1 is 1.06 bits per heavy atom. The molecule has 5 N–H and O–H groups in total. The molecule has 178 valence electrons. The Morgan fingerprint density at radius 2 is 1.70 bits per heavy atom. The number of thioether (sulfide) groups is 1. The molecule has 0 spiro atoms. The van der Waals surface area contributed by atoms with Gasteiger partial charge in [0.1, 0.15) is 29.8 Å². The van der Waals surface area contributed by atoms with Crippen LogP contribution >= 0.6 is 11.8 Å². The summed E-state index contributed by atoms with van der Waals surface area (Å²) in [5.74, 6) is -4.26. The molecule has 2 aliphatic heterocycles. The molecule has 2 heterocycles. The largest absolute Gasteiger partial charge is 0.394 e. The van der Waals surface area contributed by atoms with Crippen molar-refractivity contribution < 1.29 is 33.2 Å². The minimum atomic E-state index is -1.57. The summed E-state index contributed by atoms with van der Waals surface area (Å²) in [5, 5.41) is 33.0. The Bertz CT molecular complexity index is 1030. The quantitative estimate of drug-likeness (QED) is 0.412. The van der Waals surface area contributed by atoms with Gasteiger partial charge in [-0.05, 0) is 37.1 Å². The van der Waals surface area contributed by atoms with Gasteiger partial charge in [-0.3, -0.25) is 5.01 Å². The first kappa shape index (κ1) is 23.9. The number of aryl methyl sites for hydroxylation is 2. The number of ether oxygens (including phenoxy) is 1. The maximum atomic E-state index is 13.7. The fourth-order valence-corrected chi connectivity index (χ4v) is 5.18. The van der Waals surface area contributed by atoms with Gasteiger partial charge in [-0.2, -0.15) is 0 Å². The van der Waals surface area contributed by atoms with Crippen LogP contribution in [0.25, 0.3) is 5.70 Å². The second-order valence-corrected chi connectivity index (χ2v) is 9.09. The van der Waals surface area contributed by atoms with Crippen LogP contribution in [-0.2, 0) is 4.74 Å². The molecular formula is C22H24F3N3O4S. The Labute approximate surface area is 192 Å². The lowest BCUT2D eigenvalue weighted by atomic mass is 9.97. The lowest BCUT2D eigenvalue weighted by Crippen LogP contribution is -2.65. The summed E-state index contributed by atoms with van der Waals surface area (Å²) in [6.45, 7) is 3.38. The van der Waals surface area contributed by atoms with E-state index in [2.05, 4.69) is 11.0 Å². The van der Waals surface area contributed by atoms with Crippen molar-refractivity contribution in [3.05, 3.63) is 70.7 Å². The number of rotatable bonds is 5. The van der Waals surface area contributed by atoms with Crippen LogP contribution in [0.15, 0.2) is 41.4 Å². The second kappa shape index (κ2) is 9.53. The maximum absolute atomic E-state index is 13.7. The molecule has 0 radical (unpaired) electrons. The van der Waals surface area contributed by atoms with Gasteiger partial charge >= 0.3 is 0 Å². The number of hydrazine groups is 2. The van der Waals surface area contributed by atoms with Gasteiger partial charge in [-0.15, -0.1) is 5.53 Å². The van der Waals surface area contributed by atoms with E-state index in [0.717, 1.165) is 28.2 Å². The molecule has 0 aromatic heterocycles. The molecule has 1 fully saturated rings. The summed E-state index contributed by atoms with van der Waals surface area (Å²) < 4.78 is 46.4. The minimum absolute atomic E-state index is 0.0256. The molecule has 4 rings (SSSR count). The maximum Gasteiger partial charge on any atom is 0.194 e. The Hall–Kier alpha value is -2.28. The van der Waals surface area contributed by atoms with Gasteiger partial charge in [0.2, 0.25) is 0 Å². The molecule has 2 aromatic rings. The van der Waals surface area contributed by atoms with Crippen molar-refractivity contribution in [2.45, 2.75) is 48.5 Å². The van der Waals surface area contributed by atoms with E-state index in [1.54, 1.807) is 0 Å². The SMILES string of the molecule is Cc1cccc(C)c1S[C@H]1OC(CO)[C@H](O)C(N2C=C(c3cc(F)c(F)c(F)c3)NN2)C1O. The lowest BCUT2D eigenvalue weighted by Gasteiger charge is -2.45. The van der Waals surface area contributed by atoms with Gasteiger partial charge < -0.3 is 25.5 Å². The zero-order valence-electron chi connectivity index (χ0n) is 17.8. The van der Waals surface area contributed by atoms with Crippen molar-refractivity contribution >= 4 is 17.5 Å². The molecule has 7 nitrogen and oxygen atoms in total. The van der Waals surface area contributed by atoms with E-state index in [1.165, 1.54) is 23.0 Å². The van der Waals surface area contributed by atoms with Crippen LogP contribution < -0.4 is 11.0 Å². The lowest BCUT2D eigenvalue weighted by molar-refractivity contribution is -0.189. The summed E-state index contributed by atoms with van der Waals surface area (Å²) in [7, 11) is 0. The predicted octanol–water partition coefficient (Wildman–Crippen LogP) is 1.94. The summed E-state index contributed by atoms with van der Waals surface area (Å²) in [6.07, 6.45) is -2.12. The molecule has 0 amide bonds. The highest BCUT2D eigenvalue weighted by Gasteiger charge is 2.48. The van der Waals surface area contributed by atoms with Crippen LogP contribution in [0, 0.1) is 31.3 Å². The summed E-state index contributed by atoms with van der Waals surface area (Å²) >= 11 is 1.28. The standard InChI is InChI=1S/C22H24F3N3O4S/c1-10-4-3-5-11(2)21(10)33-22-20(31)18(19(30)16(9-29)32-22)28-8-15(26-27-28)12-6-13(23)17(25)14(24)7-12/h3-8,16,18-20,22,26-27,29-31H,9H2,1-2H3/t16?,18?,19-,20?,22+/m0/s1. The monoisotopic (exact) mass is 483 g/mol. The van der Waals surface area contributed by atoms with Gasteiger partial charge in [0.25, 0.3) is 0 Å². The predicted molar refractivity (Wildman–Crippen MR) is 116 cm³/mol. The first-order valence-corrected chi connectivity index (χ1v) is 11.1. The van der Waals surface area contributed by atoms with E-state index in [4.69, 9.17) is 4.74 Å². The molecule has 0 bridgehead atoms. The van der Waals surface area contributed by atoms with Crippen molar-refractivity contribution in [2.24, 2.45) is 0 Å². The molecule has 33 heavy (non-hydrogen) atoms. The molecule has 2 aliphatic rings. The average molecular weight is 484 g/mol. The molecular weight excluding hydrogens is 459 g/mol. The number of nitrogens with one attached hydrogen (secondary N) is 2. The highest BCUT2D eigenvalue weighted by atomic mass is 32.2. The molecule has 3 unspecified atom stereocenters. The molecule has 2 aromatic carbocycles. The van der Waals surface area contributed by atoms with Crippen LogP contribution in [0.1, 0.15) is 16.7 Å². The summed E-state index contributed by atoms with van der Waals surface area (Å²) in [4.78, 5) is 0.911. The number of aliphatic hydroxyl groups excluding tert-OH is 3. The highest BCUT2D eigenvalue weighted by Crippen LogP contribution is 2.38. The van der Waals surface area contributed by atoms with Crippen LogP contribution in [-0.4, -0.2) is 56.7 Å². The van der Waals surface area contributed by atoms with Gasteiger partial charge in [0.15, 0.2) is 17.5 Å². The fraction of sp³-hybridized carbons (Fsp3) is 0.364. The van der Waals surface area contributed by atoms with Crippen molar-refractivity contribution in [1.29, 1.82) is 0 Å². The molecule has 5 atom stereocenters. The number of hydrogen-bond donors (Lipinski definition) is 5. The first-order chi connectivity index (χ1) is 15.7. The van der Waals surface area contributed by atoms with Gasteiger partial charge in [0.05, 0.1) is 12.3 Å². The van der Waals surface area contributed by atoms with Gasteiger partial charge in [-0.25, -0.2) is 13.2 Å². The van der Waals surface area contributed by atoms with Gasteiger partial charge in [-0.1, -0.05) is 30.0 Å². The number of halogens is 3. The molecule has 0 saturated carbocycles. The third kappa shape index (κ3) is 4.57. The topological polar surface area (TPSA) is 97.2 Å². The van der Waals surface area contributed by atoms with Crippen LogP contribution in [0.3, 0.4) is 0 Å². The number of benzene rings is 2. The minimum Gasteiger partial charge on any atom is -0.394 e. The third-order valence-corrected chi connectivity index (χ3v) is 7.20. The summed E-state index contributed by atoms with van der Waals surface area (Å²) in [6, 6.07) is 6.46. The van der Waals surface area contributed by atoms with Crippen molar-refractivity contribution in [3.8, 4) is 0 Å². The number of nitrogens with zero attached hydrogens (tertiary/aromatic N) is 1. The zero-order chi connectivity index (χ0) is 23.9. The zero-order valence-corrected chi connectivity index (χ0v) is 18.6. The summed E-state index contributed by atoms with van der Waals surface area (Å²) in [5.41, 5.74) is 6.80. The fourth-order valence-electron chi connectivity index (χ4n) is 3.94. The third-order valence-electron chi connectivity index (χ3n) is 5.70.